The van der Waals surface area contributed by atoms with Gasteiger partial charge in [0, 0.05) is 18.2 Å². The van der Waals surface area contributed by atoms with Gasteiger partial charge in [0.15, 0.2) is 5.76 Å². The van der Waals surface area contributed by atoms with E-state index in [0.29, 0.717) is 51.4 Å². The number of hydrogen-bond acceptors (Lipinski definition) is 7. The first-order valence-corrected chi connectivity index (χ1v) is 13.7. The fraction of sp³-hybridized carbons (Fsp3) is 0.267. The minimum Gasteiger partial charge on any atom is -0.490 e. The van der Waals surface area contributed by atoms with Crippen molar-refractivity contribution in [3.8, 4) is 28.9 Å². The molecule has 5 aromatic rings. The summed E-state index contributed by atoms with van der Waals surface area (Å²) in [6.45, 7) is 2.52. The van der Waals surface area contributed by atoms with Crippen LogP contribution >= 0.6 is 23.2 Å². The topological polar surface area (TPSA) is 84.8 Å². The summed E-state index contributed by atoms with van der Waals surface area (Å²) in [5.74, 6) is 2.25. The van der Waals surface area contributed by atoms with Gasteiger partial charge in [-0.25, -0.2) is 0 Å². The zero-order valence-corrected chi connectivity index (χ0v) is 22.6. The maximum absolute atomic E-state index is 10.7. The fourth-order valence-electron chi connectivity index (χ4n) is 5.04. The third-order valence-electron chi connectivity index (χ3n) is 7.08. The summed E-state index contributed by atoms with van der Waals surface area (Å²) < 4.78 is 17.8. The van der Waals surface area contributed by atoms with Gasteiger partial charge in [-0.2, -0.15) is 0 Å². The van der Waals surface area contributed by atoms with Crippen molar-refractivity contribution in [1.29, 1.82) is 0 Å². The Balaban J connectivity index is 1.06. The van der Waals surface area contributed by atoms with E-state index in [-0.39, 0.29) is 6.61 Å². The average molecular weight is 564 g/mol. The SMILES string of the molecule is OC(COc1cccc2oc(-c3nnc(-c4ccccc4)o3)cc12)CN1CCC(c2ccc(Cl)c(Cl)c2)CC1. The molecular formula is C30H27Cl2N3O4. The molecule has 0 amide bonds. The number of likely N-dealkylation sites (tertiary alicyclic amines) is 1. The van der Waals surface area contributed by atoms with E-state index in [9.17, 15) is 5.11 Å². The van der Waals surface area contributed by atoms with Gasteiger partial charge in [0.05, 0.1) is 15.4 Å². The number of rotatable bonds is 8. The van der Waals surface area contributed by atoms with E-state index in [1.54, 1.807) is 0 Å². The first-order valence-electron chi connectivity index (χ1n) is 12.9. The Morgan fingerprint density at radius 3 is 2.49 bits per heavy atom. The lowest BCUT2D eigenvalue weighted by molar-refractivity contribution is 0.0599. The number of halogens is 2. The molecule has 9 heteroatoms. The molecule has 1 aliphatic heterocycles. The van der Waals surface area contributed by atoms with Crippen LogP contribution in [-0.2, 0) is 0 Å². The van der Waals surface area contributed by atoms with Crippen molar-refractivity contribution in [2.24, 2.45) is 0 Å². The van der Waals surface area contributed by atoms with Crippen molar-refractivity contribution in [2.45, 2.75) is 24.9 Å². The molecule has 1 N–H and O–H groups in total. The van der Waals surface area contributed by atoms with Crippen LogP contribution in [0.2, 0.25) is 10.0 Å². The highest BCUT2D eigenvalue weighted by molar-refractivity contribution is 6.42. The first-order chi connectivity index (χ1) is 19.0. The second-order valence-electron chi connectivity index (χ2n) is 9.77. The van der Waals surface area contributed by atoms with E-state index in [1.807, 2.05) is 66.7 Å². The summed E-state index contributed by atoms with van der Waals surface area (Å²) in [4.78, 5) is 2.28. The van der Waals surface area contributed by atoms with Crippen molar-refractivity contribution in [1.82, 2.24) is 15.1 Å². The van der Waals surface area contributed by atoms with Gasteiger partial charge in [-0.1, -0.05) is 53.5 Å². The third-order valence-corrected chi connectivity index (χ3v) is 7.82. The molecule has 0 aliphatic carbocycles. The molecule has 0 saturated carbocycles. The molecule has 39 heavy (non-hydrogen) atoms. The highest BCUT2D eigenvalue weighted by Crippen LogP contribution is 2.35. The number of benzene rings is 3. The molecule has 3 heterocycles. The lowest BCUT2D eigenvalue weighted by Crippen LogP contribution is -2.40. The van der Waals surface area contributed by atoms with E-state index in [0.717, 1.165) is 36.9 Å². The van der Waals surface area contributed by atoms with E-state index >= 15 is 0 Å². The van der Waals surface area contributed by atoms with Gasteiger partial charge in [0.1, 0.15) is 24.0 Å². The molecule has 2 aromatic heterocycles. The lowest BCUT2D eigenvalue weighted by atomic mass is 9.89. The smallest absolute Gasteiger partial charge is 0.283 e. The van der Waals surface area contributed by atoms with Crippen molar-refractivity contribution in [3.05, 3.63) is 88.4 Å². The van der Waals surface area contributed by atoms with Crippen LogP contribution in [0.5, 0.6) is 5.75 Å². The summed E-state index contributed by atoms with van der Waals surface area (Å²) >= 11 is 12.3. The van der Waals surface area contributed by atoms with Gasteiger partial charge in [-0.15, -0.1) is 10.2 Å². The highest BCUT2D eigenvalue weighted by Gasteiger charge is 2.23. The molecule has 1 aliphatic rings. The molecule has 3 aromatic carbocycles. The molecule has 1 fully saturated rings. The predicted molar refractivity (Wildman–Crippen MR) is 151 cm³/mol. The standard InChI is InChI=1S/C30H27Cl2N3O4/c31-24-10-9-21(15-25(24)32)19-11-13-35(14-12-19)17-22(36)18-37-26-7-4-8-27-23(26)16-28(38-27)30-34-33-29(39-30)20-5-2-1-3-6-20/h1-10,15-16,19,22,36H,11-14,17-18H2. The number of fused-ring (bicyclic) bond motifs is 1. The number of nitrogens with zero attached hydrogens (tertiary/aromatic N) is 3. The number of hydrogen-bond donors (Lipinski definition) is 1. The molecule has 1 saturated heterocycles. The second kappa shape index (κ2) is 11.4. The Bertz CT molecular complexity index is 1560. The number of piperidine rings is 1. The van der Waals surface area contributed by atoms with Gasteiger partial charge >= 0.3 is 0 Å². The van der Waals surface area contributed by atoms with Crippen LogP contribution in [0.25, 0.3) is 34.1 Å². The average Bonchev–Trinajstić information content (AvgIpc) is 3.62. The number of furan rings is 1. The van der Waals surface area contributed by atoms with Crippen LogP contribution in [0.15, 0.2) is 81.6 Å². The zero-order valence-electron chi connectivity index (χ0n) is 21.1. The summed E-state index contributed by atoms with van der Waals surface area (Å²) in [6.07, 6.45) is 1.38. The second-order valence-corrected chi connectivity index (χ2v) is 10.6. The van der Waals surface area contributed by atoms with E-state index in [2.05, 4.69) is 21.2 Å². The normalized spacial score (nSPS) is 15.6. The van der Waals surface area contributed by atoms with Crippen LogP contribution in [0.1, 0.15) is 24.3 Å². The number of aliphatic hydroxyl groups is 1. The highest BCUT2D eigenvalue weighted by atomic mass is 35.5. The van der Waals surface area contributed by atoms with Crippen LogP contribution in [0, 0.1) is 0 Å². The van der Waals surface area contributed by atoms with Crippen LogP contribution < -0.4 is 4.74 Å². The third kappa shape index (κ3) is 5.82. The van der Waals surface area contributed by atoms with Gasteiger partial charge in [0.25, 0.3) is 5.89 Å². The Morgan fingerprint density at radius 2 is 1.69 bits per heavy atom. The number of β-amino-alcohol motifs (C(OH)–C–C–N with tert-alkyl or cyclic N) is 1. The molecule has 0 radical (unpaired) electrons. The minimum absolute atomic E-state index is 0.172. The van der Waals surface area contributed by atoms with Gasteiger partial charge < -0.3 is 23.6 Å². The molecule has 0 spiro atoms. The Morgan fingerprint density at radius 1 is 0.897 bits per heavy atom. The summed E-state index contributed by atoms with van der Waals surface area (Å²) in [5, 5.41) is 21.0. The molecular weight excluding hydrogens is 537 g/mol. The first kappa shape index (κ1) is 25.9. The maximum atomic E-state index is 10.7. The van der Waals surface area contributed by atoms with Crippen molar-refractivity contribution >= 4 is 34.2 Å². The largest absolute Gasteiger partial charge is 0.490 e. The molecule has 1 unspecified atom stereocenters. The van der Waals surface area contributed by atoms with Crippen LogP contribution in [0.3, 0.4) is 0 Å². The molecule has 7 nitrogen and oxygen atoms in total. The minimum atomic E-state index is -0.627. The Kier molecular flexibility index (Phi) is 7.57. The van der Waals surface area contributed by atoms with Crippen LogP contribution in [0.4, 0.5) is 0 Å². The van der Waals surface area contributed by atoms with E-state index < -0.39 is 6.10 Å². The number of aromatic nitrogens is 2. The predicted octanol–water partition coefficient (Wildman–Crippen LogP) is 7.08. The quantitative estimate of drug-likeness (QED) is 0.216. The molecule has 200 valence electrons. The fourth-order valence-corrected chi connectivity index (χ4v) is 5.34. The van der Waals surface area contributed by atoms with Gasteiger partial charge in [0.2, 0.25) is 5.89 Å². The summed E-state index contributed by atoms with van der Waals surface area (Å²) in [7, 11) is 0. The zero-order chi connectivity index (χ0) is 26.8. The van der Waals surface area contributed by atoms with Crippen molar-refractivity contribution in [2.75, 3.05) is 26.2 Å². The Labute approximate surface area is 235 Å². The van der Waals surface area contributed by atoms with Crippen molar-refractivity contribution < 1.29 is 18.7 Å². The van der Waals surface area contributed by atoms with E-state index in [4.69, 9.17) is 36.8 Å². The molecule has 6 rings (SSSR count). The van der Waals surface area contributed by atoms with E-state index in [1.165, 1.54) is 5.56 Å². The van der Waals surface area contributed by atoms with Crippen LogP contribution in [-0.4, -0.2) is 52.5 Å². The lowest BCUT2D eigenvalue weighted by Gasteiger charge is -2.33. The van der Waals surface area contributed by atoms with Crippen molar-refractivity contribution in [3.63, 3.8) is 0 Å². The van der Waals surface area contributed by atoms with Gasteiger partial charge in [-0.05, 0) is 73.8 Å². The maximum Gasteiger partial charge on any atom is 0.283 e. The number of aliphatic hydroxyl groups excluding tert-OH is 1. The summed E-state index contributed by atoms with van der Waals surface area (Å²) in [6, 6.07) is 22.9. The molecule has 1 atom stereocenters. The summed E-state index contributed by atoms with van der Waals surface area (Å²) in [5.41, 5.74) is 2.70. The Hall–Kier alpha value is -3.36. The number of ether oxygens (including phenoxy) is 1. The van der Waals surface area contributed by atoms with Gasteiger partial charge in [-0.3, -0.25) is 0 Å². The monoisotopic (exact) mass is 563 g/mol. The molecule has 0 bridgehead atoms.